The topological polar surface area (TPSA) is 66.4 Å². The van der Waals surface area contributed by atoms with Gasteiger partial charge < -0.3 is 5.11 Å². The van der Waals surface area contributed by atoms with Crippen LogP contribution in [0.3, 0.4) is 0 Å². The Morgan fingerprint density at radius 1 is 1.16 bits per heavy atom. The Morgan fingerprint density at radius 2 is 1.84 bits per heavy atom. The second-order valence-corrected chi connectivity index (χ2v) is 6.64. The van der Waals surface area contributed by atoms with E-state index in [0.717, 1.165) is 0 Å². The average Bonchev–Trinajstić information content (AvgIpc) is 2.34. The number of benzene rings is 2. The smallest absolute Gasteiger partial charge is 0.263 e. The molecule has 0 amide bonds. The summed E-state index contributed by atoms with van der Waals surface area (Å²) in [6.07, 6.45) is 0. The van der Waals surface area contributed by atoms with Gasteiger partial charge in [-0.1, -0.05) is 23.7 Å². The number of sulfonamides is 1. The molecule has 0 unspecified atom stereocenters. The Balaban J connectivity index is 2.43. The lowest BCUT2D eigenvalue weighted by molar-refractivity contribution is 0.477. The summed E-state index contributed by atoms with van der Waals surface area (Å²) in [6, 6.07) is 10.5. The van der Waals surface area contributed by atoms with E-state index in [2.05, 4.69) is 20.7 Å². The van der Waals surface area contributed by atoms with Gasteiger partial charge in [0.25, 0.3) is 10.0 Å². The van der Waals surface area contributed by atoms with Gasteiger partial charge >= 0.3 is 0 Å². The quantitative estimate of drug-likeness (QED) is 0.820. The van der Waals surface area contributed by atoms with Crippen molar-refractivity contribution in [2.24, 2.45) is 0 Å². The molecular weight excluding hydrogens is 354 g/mol. The first-order valence-corrected chi connectivity index (χ1v) is 7.81. The summed E-state index contributed by atoms with van der Waals surface area (Å²) in [6.45, 7) is 0. The van der Waals surface area contributed by atoms with Crippen LogP contribution in [0.5, 0.6) is 5.75 Å². The molecule has 0 heterocycles. The number of halogens is 2. The Bertz CT molecular complexity index is 719. The van der Waals surface area contributed by atoms with E-state index in [9.17, 15) is 13.5 Å². The van der Waals surface area contributed by atoms with E-state index in [1.165, 1.54) is 24.3 Å². The van der Waals surface area contributed by atoms with Crippen molar-refractivity contribution in [3.8, 4) is 5.75 Å². The molecule has 0 aliphatic rings. The largest absolute Gasteiger partial charge is 0.506 e. The predicted octanol–water partition coefficient (Wildman–Crippen LogP) is 3.61. The molecule has 0 aliphatic carbocycles. The number of phenolic OH excluding ortho intramolecular Hbond substituents is 1. The summed E-state index contributed by atoms with van der Waals surface area (Å²) in [5.74, 6) is -0.194. The number of nitrogens with one attached hydrogen (secondary N) is 1. The van der Waals surface area contributed by atoms with E-state index >= 15 is 0 Å². The van der Waals surface area contributed by atoms with Gasteiger partial charge in [-0.2, -0.15) is 0 Å². The van der Waals surface area contributed by atoms with Crippen LogP contribution < -0.4 is 4.72 Å². The number of aromatic hydroxyl groups is 1. The van der Waals surface area contributed by atoms with E-state index in [0.29, 0.717) is 9.50 Å². The predicted molar refractivity (Wildman–Crippen MR) is 78.1 cm³/mol. The second-order valence-electron chi connectivity index (χ2n) is 3.70. The van der Waals surface area contributed by atoms with Crippen molar-refractivity contribution in [2.75, 3.05) is 4.72 Å². The highest BCUT2D eigenvalue weighted by Gasteiger charge is 2.18. The first kappa shape index (κ1) is 14.2. The molecule has 0 spiro atoms. The number of rotatable bonds is 3. The lowest BCUT2D eigenvalue weighted by Gasteiger charge is -2.11. The summed E-state index contributed by atoms with van der Waals surface area (Å²) in [4.78, 5) is 0.0781. The summed E-state index contributed by atoms with van der Waals surface area (Å²) >= 11 is 8.94. The van der Waals surface area contributed by atoms with E-state index in [-0.39, 0.29) is 16.3 Å². The third kappa shape index (κ3) is 3.20. The fourth-order valence-corrected chi connectivity index (χ4v) is 3.69. The number of phenols is 1. The minimum absolute atomic E-state index is 0.0308. The van der Waals surface area contributed by atoms with Gasteiger partial charge in [0.1, 0.15) is 10.6 Å². The van der Waals surface area contributed by atoms with Gasteiger partial charge in [0.15, 0.2) is 0 Å². The summed E-state index contributed by atoms with van der Waals surface area (Å²) in [7, 11) is -3.80. The lowest BCUT2D eigenvalue weighted by Crippen LogP contribution is -2.13. The number of hydrogen-bond donors (Lipinski definition) is 2. The van der Waals surface area contributed by atoms with Crippen LogP contribution in [0.25, 0.3) is 0 Å². The van der Waals surface area contributed by atoms with E-state index in [1.807, 2.05) is 0 Å². The van der Waals surface area contributed by atoms with Crippen LogP contribution in [0.2, 0.25) is 5.02 Å². The molecule has 4 nitrogen and oxygen atoms in total. The maximum atomic E-state index is 12.2. The molecule has 2 rings (SSSR count). The lowest BCUT2D eigenvalue weighted by atomic mass is 10.3. The van der Waals surface area contributed by atoms with Crippen LogP contribution >= 0.6 is 27.5 Å². The summed E-state index contributed by atoms with van der Waals surface area (Å²) < 4.78 is 27.1. The van der Waals surface area contributed by atoms with Crippen molar-refractivity contribution < 1.29 is 13.5 Å². The normalized spacial score (nSPS) is 11.3. The number of hydrogen-bond acceptors (Lipinski definition) is 3. The van der Waals surface area contributed by atoms with E-state index in [1.54, 1.807) is 18.2 Å². The minimum atomic E-state index is -3.80. The van der Waals surface area contributed by atoms with Gasteiger partial charge in [0, 0.05) is 9.50 Å². The molecule has 0 bridgehead atoms. The Kier molecular flexibility index (Phi) is 4.03. The SMILES string of the molecule is O=S(=O)(Nc1cc(Cl)ccc1O)c1ccccc1Br. The molecule has 0 atom stereocenters. The van der Waals surface area contributed by atoms with Crippen LogP contribution in [0.4, 0.5) is 5.69 Å². The molecule has 0 aliphatic heterocycles. The highest BCUT2D eigenvalue weighted by molar-refractivity contribution is 9.10. The van der Waals surface area contributed by atoms with Crippen molar-refractivity contribution in [3.05, 3.63) is 52.0 Å². The molecule has 2 aromatic rings. The van der Waals surface area contributed by atoms with Crippen LogP contribution in [0.15, 0.2) is 51.8 Å². The first-order chi connectivity index (χ1) is 8.90. The highest BCUT2D eigenvalue weighted by atomic mass is 79.9. The fraction of sp³-hybridized carbons (Fsp3) is 0. The highest BCUT2D eigenvalue weighted by Crippen LogP contribution is 2.30. The zero-order valence-electron chi connectivity index (χ0n) is 9.47. The van der Waals surface area contributed by atoms with E-state index in [4.69, 9.17) is 11.6 Å². The van der Waals surface area contributed by atoms with Crippen molar-refractivity contribution in [2.45, 2.75) is 4.90 Å². The summed E-state index contributed by atoms with van der Waals surface area (Å²) in [5, 5.41) is 9.94. The maximum absolute atomic E-state index is 12.2. The van der Waals surface area contributed by atoms with E-state index < -0.39 is 10.0 Å². The maximum Gasteiger partial charge on any atom is 0.263 e. The number of anilines is 1. The molecule has 2 aromatic carbocycles. The van der Waals surface area contributed by atoms with Gasteiger partial charge in [0.2, 0.25) is 0 Å². The molecule has 0 saturated carbocycles. The molecular formula is C12H9BrClNO3S. The Labute approximate surface area is 124 Å². The van der Waals surface area contributed by atoms with Crippen LogP contribution in [-0.2, 0) is 10.0 Å². The molecule has 19 heavy (non-hydrogen) atoms. The molecule has 100 valence electrons. The second kappa shape index (κ2) is 5.40. The Morgan fingerprint density at radius 3 is 2.53 bits per heavy atom. The zero-order chi connectivity index (χ0) is 14.0. The molecule has 0 aromatic heterocycles. The fourth-order valence-electron chi connectivity index (χ4n) is 1.45. The van der Waals surface area contributed by atoms with Crippen molar-refractivity contribution in [1.82, 2.24) is 0 Å². The average molecular weight is 363 g/mol. The van der Waals surface area contributed by atoms with Crippen molar-refractivity contribution >= 4 is 43.2 Å². The molecule has 2 N–H and O–H groups in total. The monoisotopic (exact) mass is 361 g/mol. The van der Waals surface area contributed by atoms with Gasteiger partial charge in [-0.15, -0.1) is 0 Å². The van der Waals surface area contributed by atoms with Gasteiger partial charge in [-0.05, 0) is 46.3 Å². The van der Waals surface area contributed by atoms with Gasteiger partial charge in [-0.3, -0.25) is 4.72 Å². The zero-order valence-corrected chi connectivity index (χ0v) is 12.6. The Hall–Kier alpha value is -1.24. The van der Waals surface area contributed by atoms with Gasteiger partial charge in [0.05, 0.1) is 5.69 Å². The minimum Gasteiger partial charge on any atom is -0.506 e. The third-order valence-corrected chi connectivity index (χ3v) is 4.94. The summed E-state index contributed by atoms with van der Waals surface area (Å²) in [5.41, 5.74) is 0.0308. The van der Waals surface area contributed by atoms with Crippen LogP contribution in [0.1, 0.15) is 0 Å². The third-order valence-electron chi connectivity index (χ3n) is 2.33. The van der Waals surface area contributed by atoms with Crippen molar-refractivity contribution in [3.63, 3.8) is 0 Å². The van der Waals surface area contributed by atoms with Crippen LogP contribution in [0, 0.1) is 0 Å². The molecule has 0 saturated heterocycles. The molecule has 0 radical (unpaired) electrons. The standard InChI is InChI=1S/C12H9BrClNO3S/c13-9-3-1-2-4-12(9)19(17,18)15-10-7-8(14)5-6-11(10)16/h1-7,15-16H. The van der Waals surface area contributed by atoms with Crippen molar-refractivity contribution in [1.29, 1.82) is 0 Å². The molecule has 0 fully saturated rings. The molecule has 7 heteroatoms. The first-order valence-electron chi connectivity index (χ1n) is 5.16. The van der Waals surface area contributed by atoms with Gasteiger partial charge in [-0.25, -0.2) is 8.42 Å². The van der Waals surface area contributed by atoms with Crippen LogP contribution in [-0.4, -0.2) is 13.5 Å².